The number of non-ortho nitro benzene ring substituents is 1. The van der Waals surface area contributed by atoms with Crippen molar-refractivity contribution in [2.45, 2.75) is 30.6 Å². The Hall–Kier alpha value is -2.36. The summed E-state index contributed by atoms with van der Waals surface area (Å²) in [5, 5.41) is 12.0. The predicted molar refractivity (Wildman–Crippen MR) is 108 cm³/mol. The summed E-state index contributed by atoms with van der Waals surface area (Å²) in [6.07, 6.45) is 1.60. The third kappa shape index (κ3) is 3.41. The van der Waals surface area contributed by atoms with Crippen LogP contribution in [0, 0.1) is 17.0 Å². The van der Waals surface area contributed by atoms with Gasteiger partial charge in [-0.25, -0.2) is 13.4 Å². The monoisotopic (exact) mass is 417 g/mol. The molecule has 0 unspecified atom stereocenters. The summed E-state index contributed by atoms with van der Waals surface area (Å²) in [5.41, 5.74) is 1.22. The van der Waals surface area contributed by atoms with Crippen molar-refractivity contribution in [3.05, 3.63) is 63.1 Å². The zero-order valence-corrected chi connectivity index (χ0v) is 16.9. The molecule has 9 heteroatoms. The van der Waals surface area contributed by atoms with Gasteiger partial charge in [0.05, 0.1) is 25.0 Å². The van der Waals surface area contributed by atoms with Crippen LogP contribution in [0.5, 0.6) is 0 Å². The summed E-state index contributed by atoms with van der Waals surface area (Å²) in [6.45, 7) is 2.40. The lowest BCUT2D eigenvalue weighted by Crippen LogP contribution is -2.39. The van der Waals surface area contributed by atoms with Crippen LogP contribution in [0.15, 0.2) is 47.4 Å². The molecule has 1 aromatic heterocycles. The van der Waals surface area contributed by atoms with Crippen LogP contribution in [0.2, 0.25) is 0 Å². The number of nitro benzene ring substituents is 1. The molecule has 0 N–H and O–H groups in total. The molecule has 2 aromatic carbocycles. The van der Waals surface area contributed by atoms with Gasteiger partial charge in [-0.1, -0.05) is 18.2 Å². The van der Waals surface area contributed by atoms with E-state index >= 15 is 0 Å². The molecule has 3 aromatic rings. The van der Waals surface area contributed by atoms with Gasteiger partial charge in [-0.3, -0.25) is 10.1 Å². The van der Waals surface area contributed by atoms with Crippen molar-refractivity contribution in [1.29, 1.82) is 0 Å². The van der Waals surface area contributed by atoms with Crippen LogP contribution in [0.4, 0.5) is 5.69 Å². The average molecular weight is 418 g/mol. The number of hydrogen-bond acceptors (Lipinski definition) is 6. The topological polar surface area (TPSA) is 93.4 Å². The fraction of sp³-hybridized carbons (Fsp3) is 0.316. The van der Waals surface area contributed by atoms with Crippen molar-refractivity contribution in [2.24, 2.45) is 0 Å². The molecule has 146 valence electrons. The molecule has 1 saturated heterocycles. The summed E-state index contributed by atoms with van der Waals surface area (Å²) >= 11 is 1.60. The first-order valence-electron chi connectivity index (χ1n) is 8.97. The number of para-hydroxylation sites is 1. The quantitative estimate of drug-likeness (QED) is 0.471. The molecule has 0 saturated carbocycles. The number of aromatic nitrogens is 1. The van der Waals surface area contributed by atoms with Crippen LogP contribution in [-0.4, -0.2) is 35.7 Å². The third-order valence-electron chi connectivity index (χ3n) is 5.04. The Morgan fingerprint density at radius 3 is 2.79 bits per heavy atom. The zero-order chi connectivity index (χ0) is 19.9. The number of sulfonamides is 1. The highest BCUT2D eigenvalue weighted by atomic mass is 32.2. The van der Waals surface area contributed by atoms with Gasteiger partial charge in [0, 0.05) is 31.1 Å². The third-order valence-corrected chi connectivity index (χ3v) is 8.25. The second-order valence-corrected chi connectivity index (χ2v) is 9.90. The summed E-state index contributed by atoms with van der Waals surface area (Å²) < 4.78 is 29.0. The highest BCUT2D eigenvalue weighted by Gasteiger charge is 2.33. The van der Waals surface area contributed by atoms with Crippen molar-refractivity contribution in [3.63, 3.8) is 0 Å². The van der Waals surface area contributed by atoms with Crippen LogP contribution in [0.25, 0.3) is 10.2 Å². The summed E-state index contributed by atoms with van der Waals surface area (Å²) in [6, 6.07) is 11.8. The Bertz CT molecular complexity index is 1120. The maximum atomic E-state index is 13.2. The van der Waals surface area contributed by atoms with Gasteiger partial charge >= 0.3 is 0 Å². The second kappa shape index (κ2) is 7.23. The minimum absolute atomic E-state index is 0.00616. The molecule has 0 spiro atoms. The zero-order valence-electron chi connectivity index (χ0n) is 15.2. The van der Waals surface area contributed by atoms with Gasteiger partial charge in [-0.15, -0.1) is 11.3 Å². The number of hydrogen-bond donors (Lipinski definition) is 0. The minimum atomic E-state index is -3.81. The van der Waals surface area contributed by atoms with Crippen molar-refractivity contribution in [3.8, 4) is 0 Å². The normalized spacial score (nSPS) is 18.4. The fourth-order valence-corrected chi connectivity index (χ4v) is 6.41. The van der Waals surface area contributed by atoms with Gasteiger partial charge in [0.2, 0.25) is 10.0 Å². The van der Waals surface area contributed by atoms with E-state index in [0.29, 0.717) is 18.7 Å². The minimum Gasteiger partial charge on any atom is -0.258 e. The highest BCUT2D eigenvalue weighted by molar-refractivity contribution is 7.89. The maximum Gasteiger partial charge on any atom is 0.270 e. The average Bonchev–Trinajstić information content (AvgIpc) is 3.12. The van der Waals surface area contributed by atoms with Crippen molar-refractivity contribution in [2.75, 3.05) is 13.1 Å². The van der Waals surface area contributed by atoms with Gasteiger partial charge in [0.1, 0.15) is 0 Å². The molecule has 1 aliphatic rings. The molecular weight excluding hydrogens is 398 g/mol. The van der Waals surface area contributed by atoms with E-state index in [1.807, 2.05) is 24.3 Å². The number of rotatable bonds is 4. The van der Waals surface area contributed by atoms with Crippen LogP contribution in [0.3, 0.4) is 0 Å². The Kier molecular flexibility index (Phi) is 4.90. The molecule has 28 heavy (non-hydrogen) atoms. The van der Waals surface area contributed by atoms with E-state index in [9.17, 15) is 18.5 Å². The number of nitrogens with zero attached hydrogens (tertiary/aromatic N) is 3. The van der Waals surface area contributed by atoms with Gasteiger partial charge in [0.25, 0.3) is 5.69 Å². The first kappa shape index (κ1) is 19.0. The van der Waals surface area contributed by atoms with E-state index in [2.05, 4.69) is 4.98 Å². The Morgan fingerprint density at radius 1 is 1.25 bits per heavy atom. The number of thiazole rings is 1. The molecule has 4 rings (SSSR count). The lowest BCUT2D eigenvalue weighted by atomic mass is 10.0. The van der Waals surface area contributed by atoms with Crippen molar-refractivity contribution < 1.29 is 13.3 Å². The molecule has 0 bridgehead atoms. The Morgan fingerprint density at radius 2 is 2.04 bits per heavy atom. The molecule has 1 atom stereocenters. The van der Waals surface area contributed by atoms with E-state index in [-0.39, 0.29) is 16.5 Å². The maximum absolute atomic E-state index is 13.2. The second-order valence-electron chi connectivity index (χ2n) is 6.93. The molecular formula is C19H19N3O4S2. The Labute approximate surface area is 166 Å². The number of benzene rings is 2. The van der Waals surface area contributed by atoms with Gasteiger partial charge in [-0.2, -0.15) is 4.31 Å². The van der Waals surface area contributed by atoms with Gasteiger partial charge in [-0.05, 0) is 37.5 Å². The number of fused-ring (bicyclic) bond motifs is 1. The number of piperidine rings is 1. The molecule has 1 fully saturated rings. The summed E-state index contributed by atoms with van der Waals surface area (Å²) in [4.78, 5) is 15.2. The summed E-state index contributed by atoms with van der Waals surface area (Å²) in [5.74, 6) is 0.0277. The molecule has 7 nitrogen and oxygen atoms in total. The van der Waals surface area contributed by atoms with Crippen LogP contribution in [-0.2, 0) is 10.0 Å². The molecule has 2 heterocycles. The van der Waals surface area contributed by atoms with Crippen molar-refractivity contribution >= 4 is 37.3 Å². The van der Waals surface area contributed by atoms with Crippen LogP contribution < -0.4 is 0 Å². The van der Waals surface area contributed by atoms with Crippen LogP contribution in [0.1, 0.15) is 29.3 Å². The molecule has 0 amide bonds. The number of nitro groups is 1. The fourth-order valence-electron chi connectivity index (χ4n) is 3.55. The van der Waals surface area contributed by atoms with E-state index in [1.54, 1.807) is 18.3 Å². The Balaban J connectivity index is 1.65. The SMILES string of the molecule is Cc1ccc([N+](=O)[O-])cc1S(=O)(=O)N1CCC[C@H](c2nc3ccccc3s2)C1. The molecule has 0 aliphatic carbocycles. The predicted octanol–water partition coefficient (Wildman–Crippen LogP) is 4.08. The molecule has 0 radical (unpaired) electrons. The highest BCUT2D eigenvalue weighted by Crippen LogP contribution is 2.35. The standard InChI is InChI=1S/C19H19N3O4S2/c1-13-8-9-15(22(23)24)11-18(13)28(25,26)21-10-4-5-14(12-21)19-20-16-6-2-3-7-17(16)27-19/h2-3,6-9,11,14H,4-5,10,12H2,1H3/t14-/m0/s1. The first-order chi connectivity index (χ1) is 13.4. The summed E-state index contributed by atoms with van der Waals surface area (Å²) in [7, 11) is -3.81. The van der Waals surface area contributed by atoms with Crippen LogP contribution >= 0.6 is 11.3 Å². The largest absolute Gasteiger partial charge is 0.270 e. The lowest BCUT2D eigenvalue weighted by Gasteiger charge is -2.31. The number of aryl methyl sites for hydroxylation is 1. The van der Waals surface area contributed by atoms with Crippen molar-refractivity contribution in [1.82, 2.24) is 9.29 Å². The first-order valence-corrected chi connectivity index (χ1v) is 11.2. The van der Waals surface area contributed by atoms with E-state index in [4.69, 9.17) is 0 Å². The smallest absolute Gasteiger partial charge is 0.258 e. The lowest BCUT2D eigenvalue weighted by molar-refractivity contribution is -0.385. The molecule has 1 aliphatic heterocycles. The van der Waals surface area contributed by atoms with E-state index in [0.717, 1.165) is 34.1 Å². The van der Waals surface area contributed by atoms with Gasteiger partial charge in [0.15, 0.2) is 0 Å². The van der Waals surface area contributed by atoms with Gasteiger partial charge < -0.3 is 0 Å². The van der Waals surface area contributed by atoms with E-state index < -0.39 is 14.9 Å². The van der Waals surface area contributed by atoms with E-state index in [1.165, 1.54) is 16.4 Å².